The fourth-order valence-electron chi connectivity index (χ4n) is 6.43. The topological polar surface area (TPSA) is 52.6 Å². The Hall–Kier alpha value is -6.20. The summed E-state index contributed by atoms with van der Waals surface area (Å²) in [6, 6.07) is 41.2. The Morgan fingerprint density at radius 1 is 0.390 bits per heavy atom. The van der Waals surface area contributed by atoms with Gasteiger partial charge in [-0.05, 0) is 106 Å². The molecule has 0 aliphatic heterocycles. The molecule has 0 N–H and O–H groups in total. The van der Waals surface area contributed by atoms with Crippen molar-refractivity contribution in [3.05, 3.63) is 156 Å². The van der Waals surface area contributed by atoms with E-state index in [2.05, 4.69) is 85.5 Å². The van der Waals surface area contributed by atoms with Gasteiger partial charge in [0.15, 0.2) is 17.1 Å². The van der Waals surface area contributed by atoms with Crippen LogP contribution in [0.5, 0.6) is 28.7 Å². The normalized spacial score (nSPS) is 12.2. The van der Waals surface area contributed by atoms with Crippen LogP contribution >= 0.6 is 7.81 Å². The summed E-state index contributed by atoms with van der Waals surface area (Å²) in [6.07, 6.45) is 2.16. The molecular formula is C45H45F6N2O5P. The van der Waals surface area contributed by atoms with E-state index in [9.17, 15) is 25.2 Å². The van der Waals surface area contributed by atoms with Crippen molar-refractivity contribution in [2.45, 2.75) is 20.8 Å². The molecule has 0 amide bonds. The number of halogens is 6. The van der Waals surface area contributed by atoms with Crippen LogP contribution in [-0.2, 0) is 0 Å². The van der Waals surface area contributed by atoms with Crippen molar-refractivity contribution >= 4 is 41.9 Å². The zero-order chi connectivity index (χ0) is 43.2. The Morgan fingerprint density at radius 3 is 0.966 bits per heavy atom. The molecule has 0 saturated heterocycles. The van der Waals surface area contributed by atoms with Crippen LogP contribution in [0, 0.1) is 27.2 Å². The molecular weight excluding hydrogens is 793 g/mol. The molecule has 0 fully saturated rings. The molecule has 0 saturated carbocycles. The van der Waals surface area contributed by atoms with Gasteiger partial charge in [-0.2, -0.15) is 0 Å². The fraction of sp³-hybridized carbons (Fsp3) is 0.178. The summed E-state index contributed by atoms with van der Waals surface area (Å²) >= 11 is 0. The van der Waals surface area contributed by atoms with E-state index >= 15 is 0 Å². The van der Waals surface area contributed by atoms with Crippen LogP contribution in [0.25, 0.3) is 0 Å². The van der Waals surface area contributed by atoms with E-state index in [1.54, 1.807) is 35.5 Å². The van der Waals surface area contributed by atoms with E-state index in [0.717, 1.165) is 73.6 Å². The Labute approximate surface area is 340 Å². The first-order valence-electron chi connectivity index (χ1n) is 18.1. The van der Waals surface area contributed by atoms with Gasteiger partial charge in [0.05, 0.1) is 52.5 Å². The van der Waals surface area contributed by atoms with Crippen LogP contribution in [-0.4, -0.2) is 35.5 Å². The van der Waals surface area contributed by atoms with Crippen LogP contribution in [0.3, 0.4) is 0 Å². The second kappa shape index (κ2) is 17.0. The molecule has 0 unspecified atom stereocenters. The third-order valence-corrected chi connectivity index (χ3v) is 9.20. The standard InChI is InChI=1S/C45H45N2O5.F6P/c1-30-9-11-33(12-10-30)46(34-13-19-39(48-4)20-14-34)37-25-31(2)42(32(3)26-37)29-43-44(51-7)27-38(28-45(43)52-8)47(35-15-21-40(49-5)22-16-35)36-17-23-41(50-6)24-18-36;1-7(2,3,4,5)6/h9-29H,1-8H3;/q+1;-1. The fourth-order valence-corrected chi connectivity index (χ4v) is 6.43. The summed E-state index contributed by atoms with van der Waals surface area (Å²) in [7, 11) is -2.26. The third kappa shape index (κ3) is 11.9. The van der Waals surface area contributed by atoms with Crippen molar-refractivity contribution in [3.8, 4) is 28.7 Å². The first-order chi connectivity index (χ1) is 27.7. The van der Waals surface area contributed by atoms with E-state index in [1.165, 1.54) is 5.56 Å². The number of benzene rings is 6. The molecule has 7 nitrogen and oxygen atoms in total. The first kappa shape index (κ1) is 43.9. The maximum atomic E-state index is 9.87. The monoisotopic (exact) mass is 838 g/mol. The van der Waals surface area contributed by atoms with E-state index < -0.39 is 7.81 Å². The zero-order valence-corrected chi connectivity index (χ0v) is 34.7. The molecule has 6 rings (SSSR count). The van der Waals surface area contributed by atoms with Crippen molar-refractivity contribution < 1.29 is 48.9 Å². The van der Waals surface area contributed by atoms with Crippen LogP contribution < -0.4 is 33.5 Å². The number of ether oxygens (including phenoxy) is 5. The molecule has 312 valence electrons. The molecule has 0 aliphatic rings. The van der Waals surface area contributed by atoms with Gasteiger partial charge >= 0.3 is 33.0 Å². The number of nitrogens with zero attached hydrogens (tertiary/aromatic N) is 2. The second-order valence-electron chi connectivity index (χ2n) is 13.5. The van der Waals surface area contributed by atoms with E-state index in [1.807, 2.05) is 72.8 Å². The van der Waals surface area contributed by atoms with Gasteiger partial charge in [0.1, 0.15) is 17.2 Å². The predicted octanol–water partition coefficient (Wildman–Crippen LogP) is 14.6. The summed E-state index contributed by atoms with van der Waals surface area (Å²) in [5.74, 6) is 3.74. The second-order valence-corrected chi connectivity index (χ2v) is 15.4. The molecule has 0 spiro atoms. The summed E-state index contributed by atoms with van der Waals surface area (Å²) in [4.78, 5) is 4.42. The summed E-state index contributed by atoms with van der Waals surface area (Å²) in [6.45, 7) is 6.39. The molecule has 0 aromatic heterocycles. The number of aryl methyl sites for hydroxylation is 3. The van der Waals surface area contributed by atoms with E-state index in [0.29, 0.717) is 11.5 Å². The van der Waals surface area contributed by atoms with Gasteiger partial charge in [-0.1, -0.05) is 17.7 Å². The molecule has 0 heterocycles. The van der Waals surface area contributed by atoms with Crippen LogP contribution in [0.1, 0.15) is 27.8 Å². The van der Waals surface area contributed by atoms with Crippen molar-refractivity contribution in [2.75, 3.05) is 45.3 Å². The molecule has 59 heavy (non-hydrogen) atoms. The molecule has 14 heteroatoms. The van der Waals surface area contributed by atoms with Gasteiger partial charge < -0.3 is 33.5 Å². The molecule has 6 aromatic carbocycles. The van der Waals surface area contributed by atoms with E-state index in [4.69, 9.17) is 23.7 Å². The zero-order valence-electron chi connectivity index (χ0n) is 33.8. The minimum absolute atomic E-state index is 0.684. The van der Waals surface area contributed by atoms with Crippen molar-refractivity contribution in [1.29, 1.82) is 0 Å². The number of hydrogen-bond acceptors (Lipinski definition) is 7. The molecule has 6 aromatic rings. The van der Waals surface area contributed by atoms with Gasteiger partial charge in [0.2, 0.25) is 0 Å². The quantitative estimate of drug-likeness (QED) is 0.0652. The number of methoxy groups -OCH3 is 5. The SMILES string of the molecule is COc1ccc(N(c2ccc(C)cc2)c2cc(C)c([CH+]c3c(OC)cc(N(c4ccc(OC)cc4)c4ccc(OC)cc4)cc3OC)c(C)c2)cc1.F[P-](F)(F)(F)(F)F. The Kier molecular flexibility index (Phi) is 12.6. The molecule has 0 aliphatic carbocycles. The van der Waals surface area contributed by atoms with E-state index in [-0.39, 0.29) is 0 Å². The van der Waals surface area contributed by atoms with Crippen molar-refractivity contribution in [3.63, 3.8) is 0 Å². The number of rotatable bonds is 13. The number of hydrogen-bond donors (Lipinski definition) is 0. The van der Waals surface area contributed by atoms with Crippen molar-refractivity contribution in [1.82, 2.24) is 0 Å². The summed E-state index contributed by atoms with van der Waals surface area (Å²) < 4.78 is 87.7. The molecule has 0 bridgehead atoms. The third-order valence-electron chi connectivity index (χ3n) is 9.20. The Balaban J connectivity index is 0.000000867. The van der Waals surface area contributed by atoms with Gasteiger partial charge in [0.25, 0.3) is 0 Å². The first-order valence-corrected chi connectivity index (χ1v) is 20.1. The number of anilines is 6. The molecule has 0 atom stereocenters. The van der Waals surface area contributed by atoms with Gasteiger partial charge in [-0.15, -0.1) is 0 Å². The summed E-state index contributed by atoms with van der Waals surface area (Å²) in [5, 5.41) is 0. The summed E-state index contributed by atoms with van der Waals surface area (Å²) in [5.41, 5.74) is 11.3. The average Bonchev–Trinajstić information content (AvgIpc) is 3.19. The Bertz CT molecular complexity index is 2250. The van der Waals surface area contributed by atoms with Gasteiger partial charge in [-0.3, -0.25) is 0 Å². The Morgan fingerprint density at radius 2 is 0.678 bits per heavy atom. The van der Waals surface area contributed by atoms with Crippen molar-refractivity contribution in [2.24, 2.45) is 0 Å². The minimum atomic E-state index is -10.7. The average molecular weight is 839 g/mol. The maximum absolute atomic E-state index is 10.7. The van der Waals surface area contributed by atoms with Crippen LogP contribution in [0.2, 0.25) is 0 Å². The van der Waals surface area contributed by atoms with Crippen LogP contribution in [0.15, 0.2) is 121 Å². The van der Waals surface area contributed by atoms with Crippen LogP contribution in [0.4, 0.5) is 59.3 Å². The predicted molar refractivity (Wildman–Crippen MR) is 225 cm³/mol. The van der Waals surface area contributed by atoms with Gasteiger partial charge in [0, 0.05) is 64.6 Å². The molecule has 0 radical (unpaired) electrons. The van der Waals surface area contributed by atoms with Gasteiger partial charge in [-0.25, -0.2) is 0 Å².